The molecule has 0 saturated heterocycles. The van der Waals surface area contributed by atoms with Gasteiger partial charge in [0.15, 0.2) is 23.1 Å². The average Bonchev–Trinajstić information content (AvgIpc) is 3.76. The van der Waals surface area contributed by atoms with Crippen LogP contribution >= 0.6 is 0 Å². The van der Waals surface area contributed by atoms with E-state index in [4.69, 9.17) is 17.7 Å². The second-order valence-electron chi connectivity index (χ2n) is 12.9. The molecule has 0 unspecified atom stereocenters. The van der Waals surface area contributed by atoms with Gasteiger partial charge in [-0.15, -0.1) is 0 Å². The molecule has 4 aromatic heterocycles. The quantitative estimate of drug-likeness (QED) is 0.109. The summed E-state index contributed by atoms with van der Waals surface area (Å²) in [5, 5.41) is 0. The Kier molecular flexibility index (Phi) is 10.0. The van der Waals surface area contributed by atoms with Gasteiger partial charge >= 0.3 is 0 Å². The summed E-state index contributed by atoms with van der Waals surface area (Å²) in [6, 6.07) is 14.5. The van der Waals surface area contributed by atoms with Crippen molar-refractivity contribution < 1.29 is 36.8 Å². The van der Waals surface area contributed by atoms with E-state index >= 15 is 0 Å². The van der Waals surface area contributed by atoms with Gasteiger partial charge in [0.25, 0.3) is 0 Å². The standard InChI is InChI=1S/C40H42O8/c1-21-13-33(25(5)45-21)37(41)17-31(18-38(42)34-14-22(2)46-26(34)6)29-9-11-30(12-10-29)32(19-39(43)35-15-23(3)47-27(35)7)20-40(44)36-16-24(4)48-28(36)8/h9-16,31-32H,17-20H2,1-8H3. The minimum atomic E-state index is -0.432. The van der Waals surface area contributed by atoms with Crippen molar-refractivity contribution in [2.24, 2.45) is 0 Å². The second-order valence-corrected chi connectivity index (χ2v) is 12.9. The summed E-state index contributed by atoms with van der Waals surface area (Å²) < 4.78 is 22.4. The molecule has 0 amide bonds. The Bertz CT molecular complexity index is 1720. The minimum Gasteiger partial charge on any atom is -0.466 e. The van der Waals surface area contributed by atoms with E-state index in [1.807, 2.05) is 24.3 Å². The molecule has 4 heterocycles. The minimum absolute atomic E-state index is 0.0966. The van der Waals surface area contributed by atoms with E-state index in [1.165, 1.54) is 0 Å². The van der Waals surface area contributed by atoms with Gasteiger partial charge in [-0.3, -0.25) is 19.2 Å². The zero-order chi connectivity index (χ0) is 34.9. The zero-order valence-corrected chi connectivity index (χ0v) is 28.9. The van der Waals surface area contributed by atoms with Crippen LogP contribution in [-0.2, 0) is 0 Å². The van der Waals surface area contributed by atoms with E-state index in [9.17, 15) is 19.2 Å². The number of carbonyl (C=O) groups excluding carboxylic acids is 4. The fourth-order valence-electron chi connectivity index (χ4n) is 6.62. The van der Waals surface area contributed by atoms with Crippen molar-refractivity contribution in [2.75, 3.05) is 0 Å². The maximum Gasteiger partial charge on any atom is 0.167 e. The number of hydrogen-bond donors (Lipinski definition) is 0. The summed E-state index contributed by atoms with van der Waals surface area (Å²) in [6.07, 6.45) is 0.387. The van der Waals surface area contributed by atoms with Crippen LogP contribution in [0.3, 0.4) is 0 Å². The molecule has 0 aliphatic rings. The highest BCUT2D eigenvalue weighted by Crippen LogP contribution is 2.34. The van der Waals surface area contributed by atoms with Gasteiger partial charge in [0.1, 0.15) is 46.1 Å². The first-order chi connectivity index (χ1) is 22.7. The summed E-state index contributed by atoms with van der Waals surface area (Å²) in [7, 11) is 0. The van der Waals surface area contributed by atoms with Gasteiger partial charge in [-0.2, -0.15) is 0 Å². The number of carbonyl (C=O) groups is 4. The first kappa shape index (κ1) is 34.4. The van der Waals surface area contributed by atoms with Gasteiger partial charge < -0.3 is 17.7 Å². The third-order valence-electron chi connectivity index (χ3n) is 8.97. The smallest absolute Gasteiger partial charge is 0.167 e. The predicted molar refractivity (Wildman–Crippen MR) is 180 cm³/mol. The highest BCUT2D eigenvalue weighted by molar-refractivity contribution is 6.01. The number of Topliss-reactive ketones (excluding diaryl/α,β-unsaturated/α-hetero) is 4. The molecular formula is C40H42O8. The fraction of sp³-hybridized carbons (Fsp3) is 0.350. The van der Waals surface area contributed by atoms with E-state index in [0.717, 1.165) is 11.1 Å². The number of hydrogen-bond acceptors (Lipinski definition) is 8. The highest BCUT2D eigenvalue weighted by atomic mass is 16.4. The third-order valence-corrected chi connectivity index (χ3v) is 8.97. The fourth-order valence-corrected chi connectivity index (χ4v) is 6.62. The molecule has 250 valence electrons. The van der Waals surface area contributed by atoms with Crippen molar-refractivity contribution in [1.29, 1.82) is 0 Å². The summed E-state index contributed by atoms with van der Waals surface area (Å²) >= 11 is 0. The summed E-state index contributed by atoms with van der Waals surface area (Å²) in [4.78, 5) is 54.1. The van der Waals surface area contributed by atoms with E-state index in [0.29, 0.717) is 68.3 Å². The van der Waals surface area contributed by atoms with Crippen molar-refractivity contribution in [3.8, 4) is 0 Å². The molecule has 5 aromatic rings. The third kappa shape index (κ3) is 7.59. The van der Waals surface area contributed by atoms with Crippen LogP contribution in [0.4, 0.5) is 0 Å². The van der Waals surface area contributed by atoms with Crippen LogP contribution in [0.5, 0.6) is 0 Å². The number of furan rings is 4. The van der Waals surface area contributed by atoms with E-state index in [1.54, 1.807) is 79.7 Å². The van der Waals surface area contributed by atoms with Crippen LogP contribution in [0, 0.1) is 55.4 Å². The van der Waals surface area contributed by atoms with Crippen LogP contribution in [0.25, 0.3) is 0 Å². The first-order valence-corrected chi connectivity index (χ1v) is 16.2. The van der Waals surface area contributed by atoms with Crippen molar-refractivity contribution in [1.82, 2.24) is 0 Å². The Morgan fingerprint density at radius 2 is 0.625 bits per heavy atom. The summed E-state index contributed by atoms with van der Waals surface area (Å²) in [5.41, 5.74) is 3.62. The Morgan fingerprint density at radius 1 is 0.417 bits per heavy atom. The molecule has 48 heavy (non-hydrogen) atoms. The maximum absolute atomic E-state index is 13.5. The molecule has 0 N–H and O–H groups in total. The number of rotatable bonds is 14. The monoisotopic (exact) mass is 650 g/mol. The molecule has 8 heteroatoms. The lowest BCUT2D eigenvalue weighted by atomic mass is 9.83. The molecule has 1 aromatic carbocycles. The van der Waals surface area contributed by atoms with Crippen LogP contribution in [0.2, 0.25) is 0 Å². The lowest BCUT2D eigenvalue weighted by molar-refractivity contribution is 0.0925. The van der Waals surface area contributed by atoms with Crippen molar-refractivity contribution in [3.63, 3.8) is 0 Å². The van der Waals surface area contributed by atoms with Crippen molar-refractivity contribution in [2.45, 2.75) is 92.9 Å². The topological polar surface area (TPSA) is 121 Å². The molecule has 0 aliphatic heterocycles. The summed E-state index contributed by atoms with van der Waals surface area (Å²) in [5.74, 6) is 3.44. The van der Waals surface area contributed by atoms with Gasteiger partial charge in [0.05, 0.1) is 22.3 Å². The van der Waals surface area contributed by atoms with Gasteiger partial charge in [-0.25, -0.2) is 0 Å². The van der Waals surface area contributed by atoms with Crippen LogP contribution < -0.4 is 0 Å². The number of aryl methyl sites for hydroxylation is 8. The molecule has 0 bridgehead atoms. The predicted octanol–water partition coefficient (Wildman–Crippen LogP) is 9.79. The van der Waals surface area contributed by atoms with Crippen LogP contribution in [0.15, 0.2) is 66.2 Å². The second kappa shape index (κ2) is 14.0. The van der Waals surface area contributed by atoms with Crippen molar-refractivity contribution >= 4 is 23.1 Å². The molecule has 8 nitrogen and oxygen atoms in total. The molecule has 0 saturated carbocycles. The van der Waals surface area contributed by atoms with Gasteiger partial charge in [0, 0.05) is 25.7 Å². The Labute approximate surface area is 280 Å². The zero-order valence-electron chi connectivity index (χ0n) is 28.9. The SMILES string of the molecule is Cc1cc(C(=O)CC(CC(=O)c2cc(C)oc2C)c2ccc(C(CC(=O)c3cc(C)oc3C)CC(=O)c3cc(C)oc3C)cc2)c(C)o1. The molecule has 0 aliphatic carbocycles. The number of benzene rings is 1. The van der Waals surface area contributed by atoms with E-state index < -0.39 is 11.8 Å². The average molecular weight is 651 g/mol. The van der Waals surface area contributed by atoms with Gasteiger partial charge in [0.2, 0.25) is 0 Å². The molecular weight excluding hydrogens is 608 g/mol. The Hall–Kier alpha value is -4.98. The van der Waals surface area contributed by atoms with Crippen LogP contribution in [0.1, 0.15) is 136 Å². The molecule has 0 atom stereocenters. The largest absolute Gasteiger partial charge is 0.466 e. The van der Waals surface area contributed by atoms with E-state index in [2.05, 4.69) is 0 Å². The summed E-state index contributed by atoms with van der Waals surface area (Å²) in [6.45, 7) is 14.2. The molecule has 0 spiro atoms. The highest BCUT2D eigenvalue weighted by Gasteiger charge is 2.28. The number of ketones is 4. The van der Waals surface area contributed by atoms with E-state index in [-0.39, 0.29) is 48.8 Å². The molecule has 0 fully saturated rings. The van der Waals surface area contributed by atoms with Gasteiger partial charge in [-0.05, 0) is 103 Å². The van der Waals surface area contributed by atoms with Crippen molar-refractivity contribution in [3.05, 3.63) is 128 Å². The van der Waals surface area contributed by atoms with Crippen LogP contribution in [-0.4, -0.2) is 23.1 Å². The normalized spacial score (nSPS) is 11.5. The molecule has 5 rings (SSSR count). The first-order valence-electron chi connectivity index (χ1n) is 16.2. The maximum atomic E-state index is 13.5. The Morgan fingerprint density at radius 3 is 0.792 bits per heavy atom. The lowest BCUT2D eigenvalue weighted by Gasteiger charge is -2.20. The van der Waals surface area contributed by atoms with Gasteiger partial charge in [-0.1, -0.05) is 24.3 Å². The molecule has 0 radical (unpaired) electrons. The Balaban J connectivity index is 1.46. The lowest BCUT2D eigenvalue weighted by Crippen LogP contribution is -2.15.